The van der Waals surface area contributed by atoms with Crippen LogP contribution in [0, 0.1) is 0 Å². The fourth-order valence-corrected chi connectivity index (χ4v) is 2.52. The summed E-state index contributed by atoms with van der Waals surface area (Å²) >= 11 is 0. The lowest BCUT2D eigenvalue weighted by Gasteiger charge is -2.14. The third-order valence-electron chi connectivity index (χ3n) is 3.79. The van der Waals surface area contributed by atoms with Gasteiger partial charge in [0.1, 0.15) is 24.4 Å². The van der Waals surface area contributed by atoms with Crippen molar-refractivity contribution in [2.24, 2.45) is 0 Å². The zero-order valence-electron chi connectivity index (χ0n) is 13.7. The molecule has 0 bridgehead atoms. The number of para-hydroxylation sites is 1. The van der Waals surface area contributed by atoms with E-state index in [1.807, 2.05) is 30.3 Å². The second-order valence-electron chi connectivity index (χ2n) is 5.45. The summed E-state index contributed by atoms with van der Waals surface area (Å²) in [5.74, 6) is 2.53. The maximum absolute atomic E-state index is 5.92. The average molecular weight is 323 g/mol. The van der Waals surface area contributed by atoms with Crippen LogP contribution in [0.2, 0.25) is 0 Å². The SMILES string of the molecule is COc1cccc(CCc2ccccc2OCC2=CNC=CO2)c1. The summed E-state index contributed by atoms with van der Waals surface area (Å²) in [4.78, 5) is 0. The monoisotopic (exact) mass is 323 g/mol. The molecule has 1 aliphatic heterocycles. The van der Waals surface area contributed by atoms with Crippen LogP contribution >= 0.6 is 0 Å². The Balaban J connectivity index is 1.62. The summed E-state index contributed by atoms with van der Waals surface area (Å²) in [6, 6.07) is 16.3. The third kappa shape index (κ3) is 4.32. The van der Waals surface area contributed by atoms with Crippen molar-refractivity contribution in [3.63, 3.8) is 0 Å². The van der Waals surface area contributed by atoms with Gasteiger partial charge in [0.15, 0.2) is 5.76 Å². The quantitative estimate of drug-likeness (QED) is 0.841. The molecule has 3 rings (SSSR count). The molecule has 0 saturated carbocycles. The van der Waals surface area contributed by atoms with Gasteiger partial charge in [-0.05, 0) is 42.2 Å². The Morgan fingerprint density at radius 3 is 2.79 bits per heavy atom. The van der Waals surface area contributed by atoms with E-state index in [-0.39, 0.29) is 0 Å². The van der Waals surface area contributed by atoms with Gasteiger partial charge in [-0.25, -0.2) is 0 Å². The van der Waals surface area contributed by atoms with Gasteiger partial charge in [-0.1, -0.05) is 30.3 Å². The number of methoxy groups -OCH3 is 1. The molecule has 1 heterocycles. The number of aryl methyl sites for hydroxylation is 2. The van der Waals surface area contributed by atoms with Crippen LogP contribution in [-0.2, 0) is 17.6 Å². The first-order chi connectivity index (χ1) is 11.8. The Labute approximate surface area is 142 Å². The van der Waals surface area contributed by atoms with E-state index in [9.17, 15) is 0 Å². The predicted molar refractivity (Wildman–Crippen MR) is 93.8 cm³/mol. The standard InChI is InChI=1S/C20H21NO3/c1-22-18-7-4-5-16(13-18)9-10-17-6-2-3-8-20(17)24-15-19-14-21-11-12-23-19/h2-8,11-14,21H,9-10,15H2,1H3. The zero-order chi connectivity index (χ0) is 16.6. The first kappa shape index (κ1) is 16.0. The molecule has 0 aliphatic carbocycles. The third-order valence-corrected chi connectivity index (χ3v) is 3.79. The number of ether oxygens (including phenoxy) is 3. The molecule has 0 unspecified atom stereocenters. The summed E-state index contributed by atoms with van der Waals surface area (Å²) in [6.45, 7) is 0.396. The maximum atomic E-state index is 5.92. The highest BCUT2D eigenvalue weighted by atomic mass is 16.5. The fourth-order valence-electron chi connectivity index (χ4n) is 2.52. The summed E-state index contributed by atoms with van der Waals surface area (Å²) in [5.41, 5.74) is 2.43. The molecule has 1 aliphatic rings. The maximum Gasteiger partial charge on any atom is 0.157 e. The normalized spacial score (nSPS) is 12.8. The van der Waals surface area contributed by atoms with Gasteiger partial charge in [-0.2, -0.15) is 0 Å². The molecule has 0 amide bonds. The Morgan fingerprint density at radius 1 is 1.04 bits per heavy atom. The lowest BCUT2D eigenvalue weighted by molar-refractivity contribution is 0.242. The molecule has 0 spiro atoms. The van der Waals surface area contributed by atoms with Crippen LogP contribution in [0.25, 0.3) is 0 Å². The minimum Gasteiger partial charge on any atom is -0.497 e. The van der Waals surface area contributed by atoms with Crippen LogP contribution in [-0.4, -0.2) is 13.7 Å². The van der Waals surface area contributed by atoms with E-state index in [4.69, 9.17) is 14.2 Å². The summed E-state index contributed by atoms with van der Waals surface area (Å²) < 4.78 is 16.6. The number of hydrogen-bond donors (Lipinski definition) is 1. The molecule has 2 aromatic carbocycles. The molecule has 2 aromatic rings. The van der Waals surface area contributed by atoms with E-state index >= 15 is 0 Å². The van der Waals surface area contributed by atoms with Gasteiger partial charge < -0.3 is 19.5 Å². The van der Waals surface area contributed by atoms with Crippen LogP contribution in [0.5, 0.6) is 11.5 Å². The Morgan fingerprint density at radius 2 is 1.96 bits per heavy atom. The Bertz CT molecular complexity index is 737. The predicted octanol–water partition coefficient (Wildman–Crippen LogP) is 3.79. The number of benzene rings is 2. The minimum absolute atomic E-state index is 0.396. The molecule has 0 aromatic heterocycles. The van der Waals surface area contributed by atoms with Crippen LogP contribution in [0.3, 0.4) is 0 Å². The van der Waals surface area contributed by atoms with Gasteiger partial charge >= 0.3 is 0 Å². The molecule has 4 nitrogen and oxygen atoms in total. The topological polar surface area (TPSA) is 39.7 Å². The van der Waals surface area contributed by atoms with Gasteiger partial charge in [0, 0.05) is 12.4 Å². The van der Waals surface area contributed by atoms with Crippen molar-refractivity contribution in [3.8, 4) is 11.5 Å². The summed E-state index contributed by atoms with van der Waals surface area (Å²) in [7, 11) is 1.69. The van der Waals surface area contributed by atoms with Gasteiger partial charge in [0.2, 0.25) is 0 Å². The molecular formula is C20H21NO3. The van der Waals surface area contributed by atoms with Crippen molar-refractivity contribution in [2.45, 2.75) is 12.8 Å². The molecule has 1 N–H and O–H groups in total. The highest BCUT2D eigenvalue weighted by molar-refractivity contribution is 5.35. The first-order valence-corrected chi connectivity index (χ1v) is 7.95. The van der Waals surface area contributed by atoms with Crippen LogP contribution in [0.15, 0.2) is 73.0 Å². The molecular weight excluding hydrogens is 302 g/mol. The van der Waals surface area contributed by atoms with Crippen LogP contribution in [0.1, 0.15) is 11.1 Å². The van der Waals surface area contributed by atoms with Crippen molar-refractivity contribution in [3.05, 3.63) is 84.1 Å². The fraction of sp³-hybridized carbons (Fsp3) is 0.200. The van der Waals surface area contributed by atoms with Gasteiger partial charge in [0.25, 0.3) is 0 Å². The number of nitrogens with one attached hydrogen (secondary N) is 1. The second-order valence-corrected chi connectivity index (χ2v) is 5.45. The Hall–Kier alpha value is -2.88. The molecule has 0 fully saturated rings. The number of rotatable bonds is 7. The number of hydrogen-bond acceptors (Lipinski definition) is 4. The van der Waals surface area contributed by atoms with Crippen LogP contribution in [0.4, 0.5) is 0 Å². The van der Waals surface area contributed by atoms with Crippen molar-refractivity contribution in [1.29, 1.82) is 0 Å². The van der Waals surface area contributed by atoms with E-state index < -0.39 is 0 Å². The average Bonchev–Trinajstić information content (AvgIpc) is 2.66. The molecule has 24 heavy (non-hydrogen) atoms. The van der Waals surface area contributed by atoms with Crippen molar-refractivity contribution in [1.82, 2.24) is 5.32 Å². The largest absolute Gasteiger partial charge is 0.497 e. The van der Waals surface area contributed by atoms with E-state index in [0.29, 0.717) is 6.61 Å². The summed E-state index contributed by atoms with van der Waals surface area (Å²) in [5, 5.41) is 2.98. The summed E-state index contributed by atoms with van der Waals surface area (Å²) in [6.07, 6.45) is 6.96. The highest BCUT2D eigenvalue weighted by Crippen LogP contribution is 2.22. The highest BCUT2D eigenvalue weighted by Gasteiger charge is 2.07. The van der Waals surface area contributed by atoms with E-state index in [1.165, 1.54) is 11.1 Å². The van der Waals surface area contributed by atoms with Crippen molar-refractivity contribution in [2.75, 3.05) is 13.7 Å². The molecule has 4 heteroatoms. The molecule has 124 valence electrons. The van der Waals surface area contributed by atoms with Crippen molar-refractivity contribution < 1.29 is 14.2 Å². The van der Waals surface area contributed by atoms with Crippen LogP contribution < -0.4 is 14.8 Å². The van der Waals surface area contributed by atoms with Gasteiger partial charge in [0.05, 0.1) is 7.11 Å². The van der Waals surface area contributed by atoms with Gasteiger partial charge in [-0.15, -0.1) is 0 Å². The van der Waals surface area contributed by atoms with E-state index in [2.05, 4.69) is 23.5 Å². The molecule has 0 atom stereocenters. The smallest absolute Gasteiger partial charge is 0.157 e. The van der Waals surface area contributed by atoms with Gasteiger partial charge in [-0.3, -0.25) is 0 Å². The Kier molecular flexibility index (Phi) is 5.40. The first-order valence-electron chi connectivity index (χ1n) is 7.95. The molecule has 0 radical (unpaired) electrons. The second kappa shape index (κ2) is 8.11. The molecule has 0 saturated heterocycles. The lowest BCUT2D eigenvalue weighted by Crippen LogP contribution is -2.10. The lowest BCUT2D eigenvalue weighted by atomic mass is 10.0. The van der Waals surface area contributed by atoms with E-state index in [1.54, 1.807) is 25.8 Å². The van der Waals surface area contributed by atoms with E-state index in [0.717, 1.165) is 30.1 Å². The minimum atomic E-state index is 0.396. The van der Waals surface area contributed by atoms with Crippen molar-refractivity contribution >= 4 is 0 Å². The zero-order valence-corrected chi connectivity index (χ0v) is 13.7.